The molecular weight excluding hydrogens is 346 g/mol. The number of hydrogen-bond acceptors (Lipinski definition) is 5. The number of amides is 1. The van der Waals surface area contributed by atoms with Gasteiger partial charge in [-0.2, -0.15) is 5.10 Å². The van der Waals surface area contributed by atoms with Crippen LogP contribution in [0.25, 0.3) is 0 Å². The molecule has 1 amide bonds. The monoisotopic (exact) mass is 369 g/mol. The summed E-state index contributed by atoms with van der Waals surface area (Å²) in [5.41, 5.74) is 1.72. The minimum absolute atomic E-state index is 0.00208. The van der Waals surface area contributed by atoms with Crippen LogP contribution < -0.4 is 5.69 Å². The molecule has 8 heteroatoms. The average Bonchev–Trinajstić information content (AvgIpc) is 3.29. The fraction of sp³-hybridized carbons (Fsp3) is 0.474. The van der Waals surface area contributed by atoms with E-state index < -0.39 is 6.10 Å². The number of aromatic nitrogens is 3. The summed E-state index contributed by atoms with van der Waals surface area (Å²) in [5, 5.41) is 10.7. The van der Waals surface area contributed by atoms with Gasteiger partial charge in [-0.15, -0.1) is 0 Å². The quantitative estimate of drug-likeness (QED) is 0.884. The largest absolute Gasteiger partial charge is 0.382 e. The number of oxime groups is 1. The van der Waals surface area contributed by atoms with Crippen LogP contribution >= 0.6 is 0 Å². The maximum Gasteiger partial charge on any atom is 0.343 e. The van der Waals surface area contributed by atoms with Crippen molar-refractivity contribution in [2.24, 2.45) is 5.16 Å². The fourth-order valence-corrected chi connectivity index (χ4v) is 3.75. The number of benzene rings is 1. The van der Waals surface area contributed by atoms with Crippen molar-refractivity contribution in [3.05, 3.63) is 52.2 Å². The van der Waals surface area contributed by atoms with Crippen molar-refractivity contribution in [3.8, 4) is 0 Å². The van der Waals surface area contributed by atoms with E-state index >= 15 is 0 Å². The van der Waals surface area contributed by atoms with E-state index in [4.69, 9.17) is 4.84 Å². The van der Waals surface area contributed by atoms with E-state index in [1.165, 1.54) is 0 Å². The summed E-state index contributed by atoms with van der Waals surface area (Å²) in [6, 6.07) is 9.86. The number of likely N-dealkylation sites (tertiary alicyclic amines) is 1. The standard InChI is InChI=1S/C19H23N5O3/c1-13-11-16(27-22-13)18(25)23-9-7-15(8-10-23)17-20-21-19(26)24(17)12-14-5-3-2-4-6-14/h2-6,15-16H,7-12H2,1H3,(H,21,26). The third kappa shape index (κ3) is 3.65. The zero-order valence-corrected chi connectivity index (χ0v) is 15.3. The van der Waals surface area contributed by atoms with E-state index in [1.54, 1.807) is 4.57 Å². The maximum absolute atomic E-state index is 12.6. The zero-order chi connectivity index (χ0) is 18.8. The second-order valence-corrected chi connectivity index (χ2v) is 7.18. The summed E-state index contributed by atoms with van der Waals surface area (Å²) < 4.78 is 1.70. The summed E-state index contributed by atoms with van der Waals surface area (Å²) >= 11 is 0. The normalized spacial score (nSPS) is 20.4. The molecule has 0 aliphatic carbocycles. The minimum atomic E-state index is -0.483. The molecule has 0 saturated carbocycles. The summed E-state index contributed by atoms with van der Waals surface area (Å²) in [4.78, 5) is 31.8. The molecule has 2 aliphatic rings. The van der Waals surface area contributed by atoms with Crippen LogP contribution in [0.15, 0.2) is 40.3 Å². The molecule has 0 spiro atoms. The van der Waals surface area contributed by atoms with Gasteiger partial charge in [-0.3, -0.25) is 9.36 Å². The first-order chi connectivity index (χ1) is 13.1. The molecule has 1 unspecified atom stereocenters. The predicted molar refractivity (Wildman–Crippen MR) is 99.5 cm³/mol. The Morgan fingerprint density at radius 1 is 1.26 bits per heavy atom. The number of carbonyl (C=O) groups is 1. The summed E-state index contributed by atoms with van der Waals surface area (Å²) in [5.74, 6) is 0.921. The van der Waals surface area contributed by atoms with Gasteiger partial charge in [0, 0.05) is 25.4 Å². The van der Waals surface area contributed by atoms with Crippen LogP contribution in [-0.4, -0.2) is 50.5 Å². The first-order valence-corrected chi connectivity index (χ1v) is 9.29. The van der Waals surface area contributed by atoms with Crippen molar-refractivity contribution in [3.63, 3.8) is 0 Å². The lowest BCUT2D eigenvalue weighted by molar-refractivity contribution is -0.143. The van der Waals surface area contributed by atoms with Crippen molar-refractivity contribution in [1.82, 2.24) is 19.7 Å². The second kappa shape index (κ2) is 7.38. The van der Waals surface area contributed by atoms with Crippen molar-refractivity contribution in [1.29, 1.82) is 0 Å². The lowest BCUT2D eigenvalue weighted by Crippen LogP contribution is -2.44. The van der Waals surface area contributed by atoms with Crippen LogP contribution in [0, 0.1) is 0 Å². The molecule has 1 aromatic carbocycles. The van der Waals surface area contributed by atoms with Gasteiger partial charge in [-0.25, -0.2) is 9.89 Å². The molecule has 1 N–H and O–H groups in total. The predicted octanol–water partition coefficient (Wildman–Crippen LogP) is 1.49. The van der Waals surface area contributed by atoms with Gasteiger partial charge in [-0.1, -0.05) is 35.5 Å². The minimum Gasteiger partial charge on any atom is -0.382 e. The van der Waals surface area contributed by atoms with Gasteiger partial charge in [0.05, 0.1) is 12.3 Å². The third-order valence-electron chi connectivity index (χ3n) is 5.24. The number of nitrogens with one attached hydrogen (secondary N) is 1. The van der Waals surface area contributed by atoms with Gasteiger partial charge >= 0.3 is 5.69 Å². The number of piperidine rings is 1. The Morgan fingerprint density at radius 3 is 2.67 bits per heavy atom. The molecule has 2 aliphatic heterocycles. The molecule has 4 rings (SSSR count). The van der Waals surface area contributed by atoms with Crippen molar-refractivity contribution in [2.75, 3.05) is 13.1 Å². The fourth-order valence-electron chi connectivity index (χ4n) is 3.75. The Labute approximate surface area is 156 Å². The number of hydrogen-bond donors (Lipinski definition) is 1. The molecule has 3 heterocycles. The Balaban J connectivity index is 1.41. The number of rotatable bonds is 4. The topological polar surface area (TPSA) is 92.6 Å². The van der Waals surface area contributed by atoms with Gasteiger partial charge in [0.15, 0.2) is 0 Å². The van der Waals surface area contributed by atoms with Crippen molar-refractivity contribution >= 4 is 11.6 Å². The summed E-state index contributed by atoms with van der Waals surface area (Å²) in [6.45, 7) is 3.63. The number of H-pyrrole nitrogens is 1. The molecule has 1 atom stereocenters. The van der Waals surface area contributed by atoms with Crippen LogP contribution in [0.4, 0.5) is 0 Å². The molecule has 1 aromatic heterocycles. The zero-order valence-electron chi connectivity index (χ0n) is 15.3. The maximum atomic E-state index is 12.6. The molecule has 1 fully saturated rings. The third-order valence-corrected chi connectivity index (χ3v) is 5.24. The molecule has 142 valence electrons. The summed E-state index contributed by atoms with van der Waals surface area (Å²) in [6.07, 6.45) is 1.63. The van der Waals surface area contributed by atoms with Crippen molar-refractivity contribution in [2.45, 2.75) is 44.8 Å². The molecule has 2 aromatic rings. The number of aromatic amines is 1. The van der Waals surface area contributed by atoms with Gasteiger partial charge in [0.1, 0.15) is 5.82 Å². The highest BCUT2D eigenvalue weighted by Gasteiger charge is 2.34. The first-order valence-electron chi connectivity index (χ1n) is 9.29. The van der Waals surface area contributed by atoms with Crippen molar-refractivity contribution < 1.29 is 9.63 Å². The van der Waals surface area contributed by atoms with Crippen LogP contribution in [0.5, 0.6) is 0 Å². The summed E-state index contributed by atoms with van der Waals surface area (Å²) in [7, 11) is 0. The number of carbonyl (C=O) groups excluding carboxylic acids is 1. The Bertz CT molecular complexity index is 894. The molecule has 0 bridgehead atoms. The van der Waals surface area contributed by atoms with E-state index in [1.807, 2.05) is 42.2 Å². The van der Waals surface area contributed by atoms with E-state index in [0.29, 0.717) is 26.1 Å². The number of nitrogens with zero attached hydrogens (tertiary/aromatic N) is 4. The first kappa shape index (κ1) is 17.5. The highest BCUT2D eigenvalue weighted by molar-refractivity contribution is 5.91. The van der Waals surface area contributed by atoms with E-state index in [0.717, 1.165) is 29.9 Å². The van der Waals surface area contributed by atoms with Gasteiger partial charge in [-0.05, 0) is 25.3 Å². The van der Waals surface area contributed by atoms with E-state index in [2.05, 4.69) is 15.4 Å². The van der Waals surface area contributed by atoms with Crippen LogP contribution in [0.1, 0.15) is 43.5 Å². The highest BCUT2D eigenvalue weighted by Crippen LogP contribution is 2.27. The lowest BCUT2D eigenvalue weighted by atomic mass is 9.95. The molecule has 27 heavy (non-hydrogen) atoms. The van der Waals surface area contributed by atoms with E-state index in [9.17, 15) is 9.59 Å². The average molecular weight is 369 g/mol. The van der Waals surface area contributed by atoms with Gasteiger partial charge in [0.2, 0.25) is 6.10 Å². The van der Waals surface area contributed by atoms with Crippen LogP contribution in [0.2, 0.25) is 0 Å². The van der Waals surface area contributed by atoms with Crippen LogP contribution in [-0.2, 0) is 16.2 Å². The smallest absolute Gasteiger partial charge is 0.343 e. The Hall–Kier alpha value is -2.90. The second-order valence-electron chi connectivity index (χ2n) is 7.18. The SMILES string of the molecule is CC1=NOC(C(=O)N2CCC(c3n[nH]c(=O)n3Cc3ccccc3)CC2)C1. The molecular formula is C19H23N5O3. The van der Waals surface area contributed by atoms with Gasteiger partial charge < -0.3 is 9.74 Å². The highest BCUT2D eigenvalue weighted by atomic mass is 16.6. The molecule has 1 saturated heterocycles. The van der Waals surface area contributed by atoms with Crippen LogP contribution in [0.3, 0.4) is 0 Å². The van der Waals surface area contributed by atoms with E-state index in [-0.39, 0.29) is 17.5 Å². The Kier molecular flexibility index (Phi) is 4.79. The molecule has 8 nitrogen and oxygen atoms in total. The lowest BCUT2D eigenvalue weighted by Gasteiger charge is -2.32. The van der Waals surface area contributed by atoms with Gasteiger partial charge in [0.25, 0.3) is 5.91 Å². The molecule has 0 radical (unpaired) electrons. The Morgan fingerprint density at radius 2 is 2.00 bits per heavy atom.